The molecule has 0 aliphatic heterocycles. The molecule has 4 aromatic rings. The number of nitrogens with one attached hydrogen (secondary N) is 2. The summed E-state index contributed by atoms with van der Waals surface area (Å²) in [5, 5.41) is 15.5. The van der Waals surface area contributed by atoms with Gasteiger partial charge in [0.2, 0.25) is 5.56 Å². The molecule has 0 spiro atoms. The molecule has 1 heterocycles. The van der Waals surface area contributed by atoms with Crippen molar-refractivity contribution < 1.29 is 14.6 Å². The number of aliphatic hydroxyl groups excluding tert-OH is 1. The number of hydrogen-bond acceptors (Lipinski definition) is 5. The Bertz CT molecular complexity index is 1630. The molecule has 1 aromatic heterocycles. The van der Waals surface area contributed by atoms with E-state index in [0.29, 0.717) is 29.8 Å². The summed E-state index contributed by atoms with van der Waals surface area (Å²) in [7, 11) is 0. The number of aromatic nitrogens is 1. The first-order valence-electron chi connectivity index (χ1n) is 16.9. The Morgan fingerprint density at radius 2 is 1.62 bits per heavy atom. The lowest BCUT2D eigenvalue weighted by Gasteiger charge is -2.57. The van der Waals surface area contributed by atoms with Crippen molar-refractivity contribution in [2.75, 3.05) is 13.2 Å². The average Bonchev–Trinajstić information content (AvgIpc) is 3.02. The molecule has 4 bridgehead atoms. The summed E-state index contributed by atoms with van der Waals surface area (Å²) in [5.74, 6) is 4.48. The summed E-state index contributed by atoms with van der Waals surface area (Å²) < 4.78 is 12.4. The third-order valence-corrected chi connectivity index (χ3v) is 10.7. The van der Waals surface area contributed by atoms with Crippen LogP contribution in [-0.2, 0) is 13.0 Å². The molecule has 8 rings (SSSR count). The van der Waals surface area contributed by atoms with Gasteiger partial charge in [-0.15, -0.1) is 0 Å². The zero-order valence-electron chi connectivity index (χ0n) is 26.3. The topological polar surface area (TPSA) is 83.6 Å². The lowest BCUT2D eigenvalue weighted by Crippen LogP contribution is -2.46. The van der Waals surface area contributed by atoms with Crippen LogP contribution in [-0.4, -0.2) is 29.3 Å². The van der Waals surface area contributed by atoms with E-state index >= 15 is 0 Å². The standard InChI is InChI=1S/C39H46N2O4/c1-26(16-28-8-5-9-32(20-28)44-15-14-39-21-29-17-30(22-39)19-31(18-29)23-39)40-24-35(42)33-10-12-36(38-34(33)11-13-37(43)41-38)45-25-27-6-3-2-4-7-27/h2-13,20,26,29-31,35,40,42H,14-19,21-25H2,1H3,(H,41,43)/t26-,29?,30?,31?,35+,39?/m1/s1. The van der Waals surface area contributed by atoms with Crippen molar-refractivity contribution in [2.24, 2.45) is 23.2 Å². The van der Waals surface area contributed by atoms with Crippen molar-refractivity contribution in [3.63, 3.8) is 0 Å². The molecular formula is C39H46N2O4. The van der Waals surface area contributed by atoms with Crippen LogP contribution in [0.5, 0.6) is 11.5 Å². The highest BCUT2D eigenvalue weighted by atomic mass is 16.5. The number of aliphatic hydroxyl groups is 1. The summed E-state index contributed by atoms with van der Waals surface area (Å²) in [4.78, 5) is 15.1. The molecule has 4 fully saturated rings. The largest absolute Gasteiger partial charge is 0.494 e. The fourth-order valence-electron chi connectivity index (χ4n) is 8.99. The van der Waals surface area contributed by atoms with Gasteiger partial charge in [0.15, 0.2) is 0 Å². The van der Waals surface area contributed by atoms with Gasteiger partial charge < -0.3 is 24.9 Å². The third kappa shape index (κ3) is 6.97. The monoisotopic (exact) mass is 606 g/mol. The molecule has 0 amide bonds. The molecule has 3 N–H and O–H groups in total. The first-order valence-corrected chi connectivity index (χ1v) is 16.9. The lowest BCUT2D eigenvalue weighted by atomic mass is 9.49. The van der Waals surface area contributed by atoms with E-state index in [-0.39, 0.29) is 11.6 Å². The fourth-order valence-corrected chi connectivity index (χ4v) is 8.99. The molecule has 45 heavy (non-hydrogen) atoms. The van der Waals surface area contributed by atoms with Crippen LogP contribution in [0.15, 0.2) is 83.7 Å². The third-order valence-electron chi connectivity index (χ3n) is 10.7. The summed E-state index contributed by atoms with van der Waals surface area (Å²) >= 11 is 0. The van der Waals surface area contributed by atoms with Crippen molar-refractivity contribution in [1.82, 2.24) is 10.3 Å². The number of aromatic amines is 1. The van der Waals surface area contributed by atoms with Crippen LogP contribution < -0.4 is 20.3 Å². The van der Waals surface area contributed by atoms with Crippen LogP contribution in [0.3, 0.4) is 0 Å². The average molecular weight is 607 g/mol. The van der Waals surface area contributed by atoms with Crippen LogP contribution in [0.2, 0.25) is 0 Å². The van der Waals surface area contributed by atoms with E-state index in [1.807, 2.05) is 42.5 Å². The SMILES string of the molecule is C[C@H](Cc1cccc(OCCC23CC4CC(CC(C4)C2)C3)c1)NC[C@H](O)c1ccc(OCc2ccccc2)c2[nH]c(=O)ccc12. The van der Waals surface area contributed by atoms with Crippen molar-refractivity contribution in [1.29, 1.82) is 0 Å². The van der Waals surface area contributed by atoms with Gasteiger partial charge in [0.05, 0.1) is 18.2 Å². The van der Waals surface area contributed by atoms with Crippen molar-refractivity contribution in [2.45, 2.75) is 77.0 Å². The first kappa shape index (κ1) is 30.1. The van der Waals surface area contributed by atoms with Crippen LogP contribution in [0.4, 0.5) is 0 Å². The summed E-state index contributed by atoms with van der Waals surface area (Å²) in [6, 6.07) is 25.5. The maximum absolute atomic E-state index is 12.2. The van der Waals surface area contributed by atoms with Gasteiger partial charge in [-0.25, -0.2) is 0 Å². The normalized spacial score (nSPS) is 24.9. The molecule has 0 saturated heterocycles. The smallest absolute Gasteiger partial charge is 0.248 e. The minimum absolute atomic E-state index is 0.154. The first-order chi connectivity index (χ1) is 21.9. The van der Waals surface area contributed by atoms with Gasteiger partial charge >= 0.3 is 0 Å². The predicted molar refractivity (Wildman–Crippen MR) is 179 cm³/mol. The maximum Gasteiger partial charge on any atom is 0.248 e. The second-order valence-electron chi connectivity index (χ2n) is 14.2. The van der Waals surface area contributed by atoms with Crippen LogP contribution >= 0.6 is 0 Å². The molecule has 6 heteroatoms. The summed E-state index contributed by atoms with van der Waals surface area (Å²) in [5.41, 5.74) is 3.96. The number of fused-ring (bicyclic) bond motifs is 1. The second-order valence-corrected chi connectivity index (χ2v) is 14.2. The Balaban J connectivity index is 0.931. The highest BCUT2D eigenvalue weighted by molar-refractivity contribution is 5.87. The van der Waals surface area contributed by atoms with E-state index in [9.17, 15) is 9.90 Å². The van der Waals surface area contributed by atoms with E-state index in [0.717, 1.165) is 53.0 Å². The zero-order valence-corrected chi connectivity index (χ0v) is 26.3. The Hall–Kier alpha value is -3.61. The van der Waals surface area contributed by atoms with Gasteiger partial charge in [-0.3, -0.25) is 4.79 Å². The number of hydrogen-bond donors (Lipinski definition) is 3. The van der Waals surface area contributed by atoms with Gasteiger partial charge in [-0.2, -0.15) is 0 Å². The number of pyridine rings is 1. The molecule has 0 unspecified atom stereocenters. The van der Waals surface area contributed by atoms with Gasteiger partial charge in [0.25, 0.3) is 0 Å². The Kier molecular flexibility index (Phi) is 8.70. The summed E-state index contributed by atoms with van der Waals surface area (Å²) in [6.45, 7) is 3.73. The van der Waals surface area contributed by atoms with Crippen molar-refractivity contribution >= 4 is 10.9 Å². The van der Waals surface area contributed by atoms with Crippen LogP contribution in [0.1, 0.15) is 74.7 Å². The number of benzene rings is 3. The zero-order chi connectivity index (χ0) is 30.8. The van der Waals surface area contributed by atoms with Gasteiger partial charge in [0.1, 0.15) is 18.1 Å². The minimum Gasteiger partial charge on any atom is -0.494 e. The predicted octanol–water partition coefficient (Wildman–Crippen LogP) is 7.35. The van der Waals surface area contributed by atoms with Gasteiger partial charge in [-0.05, 0) is 122 Å². The number of H-pyrrole nitrogens is 1. The lowest BCUT2D eigenvalue weighted by molar-refractivity contribution is -0.0622. The molecule has 3 aromatic carbocycles. The van der Waals surface area contributed by atoms with E-state index in [4.69, 9.17) is 9.47 Å². The van der Waals surface area contributed by atoms with E-state index in [2.05, 4.69) is 41.5 Å². The summed E-state index contributed by atoms with van der Waals surface area (Å²) in [6.07, 6.45) is 10.0. The quantitative estimate of drug-likeness (QED) is 0.148. The van der Waals surface area contributed by atoms with Crippen molar-refractivity contribution in [3.8, 4) is 11.5 Å². The molecular weight excluding hydrogens is 560 g/mol. The van der Waals surface area contributed by atoms with Crippen LogP contribution in [0.25, 0.3) is 10.9 Å². The van der Waals surface area contributed by atoms with E-state index < -0.39 is 6.10 Å². The highest BCUT2D eigenvalue weighted by Crippen LogP contribution is 2.61. The Morgan fingerprint density at radius 3 is 2.38 bits per heavy atom. The Labute approximate surface area is 266 Å². The molecule has 236 valence electrons. The number of rotatable bonds is 13. The molecule has 4 saturated carbocycles. The van der Waals surface area contributed by atoms with E-state index in [1.165, 1.54) is 56.6 Å². The number of ether oxygens (including phenoxy) is 2. The van der Waals surface area contributed by atoms with Crippen LogP contribution in [0, 0.1) is 23.2 Å². The molecule has 0 radical (unpaired) electrons. The fraction of sp³-hybridized carbons (Fsp3) is 0.462. The molecule has 6 nitrogen and oxygen atoms in total. The molecule has 4 aliphatic rings. The Morgan fingerprint density at radius 1 is 0.889 bits per heavy atom. The van der Waals surface area contributed by atoms with Crippen molar-refractivity contribution in [3.05, 3.63) is 106 Å². The minimum atomic E-state index is -0.747. The highest BCUT2D eigenvalue weighted by Gasteiger charge is 2.50. The second kappa shape index (κ2) is 13.0. The molecule has 2 atom stereocenters. The maximum atomic E-state index is 12.2. The van der Waals surface area contributed by atoms with Gasteiger partial charge in [-0.1, -0.05) is 48.5 Å². The molecule has 4 aliphatic carbocycles. The van der Waals surface area contributed by atoms with E-state index in [1.54, 1.807) is 6.07 Å². The van der Waals surface area contributed by atoms with Gasteiger partial charge in [0, 0.05) is 24.0 Å².